The third-order valence-corrected chi connectivity index (χ3v) is 6.22. The second-order valence-electron chi connectivity index (χ2n) is 10.8. The molecular weight excluding hydrogens is 514 g/mol. The van der Waals surface area contributed by atoms with Crippen LogP contribution in [-0.2, 0) is 4.74 Å². The maximum Gasteiger partial charge on any atom is 0.408 e. The normalized spacial score (nSPS) is 17.2. The summed E-state index contributed by atoms with van der Waals surface area (Å²) >= 11 is 0. The second kappa shape index (κ2) is 11.8. The first-order valence-electron chi connectivity index (χ1n) is 13.0. The maximum absolute atomic E-state index is 13.5. The number of carbonyl (C=O) groups is 2. The molecule has 2 fully saturated rings. The third-order valence-electron chi connectivity index (χ3n) is 6.22. The highest BCUT2D eigenvalue weighted by Gasteiger charge is 2.32. The number of piperazine rings is 1. The average Bonchev–Trinajstić information content (AvgIpc) is 3.57. The van der Waals surface area contributed by atoms with Gasteiger partial charge >= 0.3 is 12.7 Å². The van der Waals surface area contributed by atoms with Gasteiger partial charge < -0.3 is 28.8 Å². The van der Waals surface area contributed by atoms with Crippen molar-refractivity contribution in [1.82, 2.24) is 20.1 Å². The van der Waals surface area contributed by atoms with Crippen LogP contribution in [0.15, 0.2) is 22.6 Å². The smallest absolute Gasteiger partial charge is 0.408 e. The molecule has 1 aromatic carbocycles. The van der Waals surface area contributed by atoms with E-state index < -0.39 is 24.3 Å². The number of halogens is 2. The molecule has 0 spiro atoms. The van der Waals surface area contributed by atoms with E-state index in [9.17, 15) is 18.4 Å². The number of rotatable bonds is 9. The Morgan fingerprint density at radius 3 is 2.49 bits per heavy atom. The molecule has 10 nitrogen and oxygen atoms in total. The molecule has 1 saturated heterocycles. The number of nitrogens with one attached hydrogen (secondary N) is 1. The van der Waals surface area contributed by atoms with E-state index in [0.29, 0.717) is 44.3 Å². The summed E-state index contributed by atoms with van der Waals surface area (Å²) < 4.78 is 47.7. The lowest BCUT2D eigenvalue weighted by molar-refractivity contribution is -0.0515. The number of carbonyl (C=O) groups excluding carboxylic acids is 2. The lowest BCUT2D eigenvalue weighted by atomic mass is 10.1. The number of amides is 2. The molecule has 1 aliphatic heterocycles. The molecule has 2 heterocycles. The zero-order valence-corrected chi connectivity index (χ0v) is 22.7. The van der Waals surface area contributed by atoms with Crippen molar-refractivity contribution >= 4 is 12.0 Å². The summed E-state index contributed by atoms with van der Waals surface area (Å²) in [5, 5.41) is 2.69. The Morgan fingerprint density at radius 2 is 1.87 bits per heavy atom. The summed E-state index contributed by atoms with van der Waals surface area (Å²) in [6, 6.07) is 3.59. The van der Waals surface area contributed by atoms with Crippen LogP contribution < -0.4 is 14.8 Å². The summed E-state index contributed by atoms with van der Waals surface area (Å²) in [6.45, 7) is 6.35. The number of benzene rings is 1. The Kier molecular flexibility index (Phi) is 8.63. The van der Waals surface area contributed by atoms with Gasteiger partial charge in [0.05, 0.1) is 12.6 Å². The second-order valence-corrected chi connectivity index (χ2v) is 10.8. The Bertz CT molecular complexity index is 1170. The first-order valence-corrected chi connectivity index (χ1v) is 13.0. The van der Waals surface area contributed by atoms with Crippen molar-refractivity contribution in [3.05, 3.63) is 36.7 Å². The Balaban J connectivity index is 1.66. The highest BCUT2D eigenvalue weighted by molar-refractivity contribution is 5.94. The topological polar surface area (TPSA) is 106 Å². The molecule has 2 aliphatic rings. The Hall–Kier alpha value is -3.41. The summed E-state index contributed by atoms with van der Waals surface area (Å²) in [5.41, 5.74) is -0.281. The van der Waals surface area contributed by atoms with Crippen LogP contribution in [0.5, 0.6) is 11.5 Å². The molecule has 1 aromatic heterocycles. The average molecular weight is 550 g/mol. The standard InChI is InChI=1S/C27H35F2N4O6/c1-16(30-26(35)39-27(2,3)4)22-21(24(34)33-12-10-32(5)11-13-33)31-23(38-22)18-8-9-19(37-25(28)29)20(14-18)36-15-17-6-7-17/h8-9,14,16-17,25H,5-7,10-13,15H2,1-4H3,(H,30,35)/t16-/m0/s1. The predicted octanol–water partition coefficient (Wildman–Crippen LogP) is 4.87. The van der Waals surface area contributed by atoms with Crippen LogP contribution in [0.3, 0.4) is 0 Å². The van der Waals surface area contributed by atoms with Crippen molar-refractivity contribution in [1.29, 1.82) is 0 Å². The minimum Gasteiger partial charge on any atom is -0.489 e. The van der Waals surface area contributed by atoms with Crippen LogP contribution in [0.25, 0.3) is 11.5 Å². The highest BCUT2D eigenvalue weighted by Crippen LogP contribution is 2.37. The quantitative estimate of drug-likeness (QED) is 0.473. The maximum atomic E-state index is 13.5. The van der Waals surface area contributed by atoms with Crippen LogP contribution in [0.1, 0.15) is 62.8 Å². The van der Waals surface area contributed by atoms with Gasteiger partial charge in [-0.2, -0.15) is 8.78 Å². The van der Waals surface area contributed by atoms with E-state index in [2.05, 4.69) is 22.1 Å². The van der Waals surface area contributed by atoms with Crippen LogP contribution in [0.4, 0.5) is 13.6 Å². The summed E-state index contributed by atoms with van der Waals surface area (Å²) in [6.07, 6.45) is 1.36. The molecule has 4 rings (SSSR count). The molecule has 1 radical (unpaired) electrons. The summed E-state index contributed by atoms with van der Waals surface area (Å²) in [7, 11) is 3.91. The number of aromatic nitrogens is 1. The molecule has 1 aliphatic carbocycles. The molecule has 2 aromatic rings. The monoisotopic (exact) mass is 549 g/mol. The van der Waals surface area contributed by atoms with Gasteiger partial charge in [-0.1, -0.05) is 0 Å². The van der Waals surface area contributed by atoms with Crippen LogP contribution >= 0.6 is 0 Å². The fraction of sp³-hybridized carbons (Fsp3) is 0.556. The minimum atomic E-state index is -3.02. The van der Waals surface area contributed by atoms with Crippen molar-refractivity contribution in [3.8, 4) is 23.0 Å². The van der Waals surface area contributed by atoms with Gasteiger partial charge in [-0.3, -0.25) is 9.69 Å². The summed E-state index contributed by atoms with van der Waals surface area (Å²) in [4.78, 5) is 34.0. The first-order chi connectivity index (χ1) is 18.4. The predicted molar refractivity (Wildman–Crippen MR) is 137 cm³/mol. The highest BCUT2D eigenvalue weighted by atomic mass is 19.3. The van der Waals surface area contributed by atoms with Crippen LogP contribution in [0.2, 0.25) is 0 Å². The van der Waals surface area contributed by atoms with Gasteiger partial charge in [-0.15, -0.1) is 0 Å². The molecule has 213 valence electrons. The third kappa shape index (κ3) is 7.81. The largest absolute Gasteiger partial charge is 0.489 e. The minimum absolute atomic E-state index is 0.0411. The SMILES string of the molecule is [CH2]N1CCN(C(=O)c2nc(-c3ccc(OC(F)F)c(OCC4CC4)c3)oc2[C@H](C)NC(=O)OC(C)(C)C)CC1. The lowest BCUT2D eigenvalue weighted by Gasteiger charge is -2.32. The van der Waals surface area contributed by atoms with E-state index in [1.54, 1.807) is 32.6 Å². The number of ether oxygens (including phenoxy) is 3. The number of hydrogen-bond acceptors (Lipinski definition) is 8. The fourth-order valence-corrected chi connectivity index (χ4v) is 3.99. The molecule has 1 saturated carbocycles. The van der Waals surface area contributed by atoms with Gasteiger partial charge in [0.1, 0.15) is 5.60 Å². The van der Waals surface area contributed by atoms with Crippen LogP contribution in [-0.4, -0.2) is 71.8 Å². The lowest BCUT2D eigenvalue weighted by Crippen LogP contribution is -2.46. The molecule has 0 unspecified atom stereocenters. The van der Waals surface area contributed by atoms with Crippen molar-refractivity contribution in [2.45, 2.75) is 58.8 Å². The van der Waals surface area contributed by atoms with Crippen molar-refractivity contribution in [2.75, 3.05) is 32.8 Å². The zero-order chi connectivity index (χ0) is 28.3. The zero-order valence-electron chi connectivity index (χ0n) is 22.7. The van der Waals surface area contributed by atoms with Gasteiger partial charge in [0.15, 0.2) is 23.0 Å². The van der Waals surface area contributed by atoms with Gasteiger partial charge in [-0.05, 0) is 64.7 Å². The van der Waals surface area contributed by atoms with Crippen LogP contribution in [0, 0.1) is 13.0 Å². The number of alkyl carbamates (subject to hydrolysis) is 1. The van der Waals surface area contributed by atoms with Gasteiger partial charge in [0.25, 0.3) is 5.91 Å². The molecule has 1 N–H and O–H groups in total. The van der Waals surface area contributed by atoms with E-state index >= 15 is 0 Å². The van der Waals surface area contributed by atoms with Gasteiger partial charge in [0.2, 0.25) is 5.89 Å². The summed E-state index contributed by atoms with van der Waals surface area (Å²) in [5.74, 6) is 0.258. The molecule has 12 heteroatoms. The molecule has 1 atom stereocenters. The van der Waals surface area contributed by atoms with Crippen molar-refractivity contribution < 1.29 is 37.0 Å². The van der Waals surface area contributed by atoms with E-state index in [-0.39, 0.29) is 34.8 Å². The number of oxazole rings is 1. The van der Waals surface area contributed by atoms with E-state index in [4.69, 9.17) is 13.9 Å². The van der Waals surface area contributed by atoms with Crippen molar-refractivity contribution in [2.24, 2.45) is 5.92 Å². The molecule has 2 amide bonds. The van der Waals surface area contributed by atoms with Crippen molar-refractivity contribution in [3.63, 3.8) is 0 Å². The molecule has 0 bridgehead atoms. The number of alkyl halides is 2. The van der Waals surface area contributed by atoms with Gasteiger partial charge in [0, 0.05) is 38.8 Å². The number of hydrogen-bond donors (Lipinski definition) is 1. The van der Waals surface area contributed by atoms with Gasteiger partial charge in [-0.25, -0.2) is 9.78 Å². The Labute approximate surface area is 226 Å². The van der Waals surface area contributed by atoms with E-state index in [1.165, 1.54) is 18.2 Å². The molecular formula is C27H35F2N4O6. The Morgan fingerprint density at radius 1 is 1.18 bits per heavy atom. The number of nitrogens with zero attached hydrogens (tertiary/aromatic N) is 3. The van der Waals surface area contributed by atoms with E-state index in [0.717, 1.165) is 12.8 Å². The molecule has 39 heavy (non-hydrogen) atoms. The van der Waals surface area contributed by atoms with E-state index in [1.807, 2.05) is 4.90 Å². The fourth-order valence-electron chi connectivity index (χ4n) is 3.99. The first kappa shape index (κ1) is 28.6.